The van der Waals surface area contributed by atoms with Crippen LogP contribution in [0.3, 0.4) is 0 Å². The van der Waals surface area contributed by atoms with Crippen LogP contribution in [0.1, 0.15) is 19.3 Å². The van der Waals surface area contributed by atoms with Crippen molar-refractivity contribution in [2.75, 3.05) is 18.9 Å². The Kier molecular flexibility index (Phi) is 3.79. The van der Waals surface area contributed by atoms with E-state index in [1.165, 1.54) is 16.7 Å². The summed E-state index contributed by atoms with van der Waals surface area (Å²) in [5.41, 5.74) is 5.33. The first-order valence-corrected chi connectivity index (χ1v) is 7.20. The number of aromatic nitrogens is 2. The predicted molar refractivity (Wildman–Crippen MR) is 65.1 cm³/mol. The Bertz CT molecular complexity index is 498. The highest BCUT2D eigenvalue weighted by molar-refractivity contribution is 7.89. The molecule has 1 heterocycles. The molecule has 0 saturated heterocycles. The van der Waals surface area contributed by atoms with Gasteiger partial charge in [-0.15, -0.1) is 0 Å². The smallest absolute Gasteiger partial charge is 0.246 e. The fourth-order valence-corrected chi connectivity index (χ4v) is 3.43. The summed E-state index contributed by atoms with van der Waals surface area (Å²) in [5.74, 6) is 0.0336. The second kappa shape index (κ2) is 5.17. The van der Waals surface area contributed by atoms with Crippen LogP contribution in [0.4, 0.5) is 5.95 Å². The largest absolute Gasteiger partial charge is 0.395 e. The van der Waals surface area contributed by atoms with Gasteiger partial charge in [0.15, 0.2) is 0 Å². The Morgan fingerprint density at radius 3 is 2.44 bits per heavy atom. The van der Waals surface area contributed by atoms with Gasteiger partial charge in [-0.2, -0.15) is 4.31 Å². The Hall–Kier alpha value is -1.25. The molecule has 0 spiro atoms. The van der Waals surface area contributed by atoms with Gasteiger partial charge in [-0.05, 0) is 12.8 Å². The Morgan fingerprint density at radius 2 is 2.00 bits per heavy atom. The van der Waals surface area contributed by atoms with Crippen LogP contribution in [0.15, 0.2) is 17.3 Å². The molecule has 7 nitrogen and oxygen atoms in total. The maximum absolute atomic E-state index is 12.4. The van der Waals surface area contributed by atoms with Crippen LogP contribution < -0.4 is 5.73 Å². The fraction of sp³-hybridized carbons (Fsp3) is 0.600. The van der Waals surface area contributed by atoms with E-state index in [1.807, 2.05) is 0 Å². The van der Waals surface area contributed by atoms with Gasteiger partial charge in [0, 0.05) is 12.6 Å². The molecule has 1 aliphatic rings. The minimum Gasteiger partial charge on any atom is -0.395 e. The van der Waals surface area contributed by atoms with Crippen molar-refractivity contribution in [2.24, 2.45) is 0 Å². The lowest BCUT2D eigenvalue weighted by molar-refractivity contribution is 0.178. The maximum atomic E-state index is 12.4. The van der Waals surface area contributed by atoms with Crippen molar-refractivity contribution in [3.63, 3.8) is 0 Å². The van der Waals surface area contributed by atoms with E-state index in [4.69, 9.17) is 10.8 Å². The third-order valence-corrected chi connectivity index (χ3v) is 4.96. The number of nitrogen functional groups attached to an aromatic ring is 1. The monoisotopic (exact) mass is 272 g/mol. The van der Waals surface area contributed by atoms with Crippen LogP contribution in [-0.2, 0) is 10.0 Å². The molecular weight excluding hydrogens is 256 g/mol. The van der Waals surface area contributed by atoms with Gasteiger partial charge < -0.3 is 10.8 Å². The molecule has 0 aliphatic heterocycles. The highest BCUT2D eigenvalue weighted by Gasteiger charge is 2.34. The molecule has 2 rings (SSSR count). The summed E-state index contributed by atoms with van der Waals surface area (Å²) < 4.78 is 26.0. The van der Waals surface area contributed by atoms with Crippen molar-refractivity contribution in [3.05, 3.63) is 12.4 Å². The molecule has 0 amide bonds. The number of sulfonamides is 1. The molecule has 0 aromatic carbocycles. The first kappa shape index (κ1) is 13.2. The molecule has 1 saturated carbocycles. The molecule has 1 aliphatic carbocycles. The molecule has 0 unspecified atom stereocenters. The van der Waals surface area contributed by atoms with Crippen LogP contribution in [-0.4, -0.2) is 47.0 Å². The van der Waals surface area contributed by atoms with Gasteiger partial charge in [-0.3, -0.25) is 0 Å². The molecular formula is C10H16N4O3S. The van der Waals surface area contributed by atoms with Crippen molar-refractivity contribution < 1.29 is 13.5 Å². The zero-order valence-electron chi connectivity index (χ0n) is 9.86. The number of aliphatic hydroxyl groups is 1. The highest BCUT2D eigenvalue weighted by atomic mass is 32.2. The van der Waals surface area contributed by atoms with Crippen molar-refractivity contribution in [1.82, 2.24) is 14.3 Å². The second-order valence-corrected chi connectivity index (χ2v) is 6.09. The zero-order chi connectivity index (χ0) is 13.2. The SMILES string of the molecule is Nc1ncc(S(=O)(=O)N(CCO)C2CCC2)cn1. The molecule has 0 atom stereocenters. The lowest BCUT2D eigenvalue weighted by Gasteiger charge is -2.35. The standard InChI is InChI=1S/C10H16N4O3S/c11-10-12-6-9(7-13-10)18(16,17)14(4-5-15)8-2-1-3-8/h6-8,15H,1-5H2,(H2,11,12,13). The van der Waals surface area contributed by atoms with Gasteiger partial charge >= 0.3 is 0 Å². The van der Waals surface area contributed by atoms with Crippen LogP contribution in [0.25, 0.3) is 0 Å². The molecule has 100 valence electrons. The van der Waals surface area contributed by atoms with Crippen LogP contribution in [0.2, 0.25) is 0 Å². The Labute approximate surface area is 106 Å². The van der Waals surface area contributed by atoms with E-state index >= 15 is 0 Å². The van der Waals surface area contributed by atoms with Crippen LogP contribution in [0, 0.1) is 0 Å². The summed E-state index contributed by atoms with van der Waals surface area (Å²) >= 11 is 0. The average molecular weight is 272 g/mol. The van der Waals surface area contributed by atoms with E-state index in [-0.39, 0.29) is 30.0 Å². The topological polar surface area (TPSA) is 109 Å². The number of hydrogen-bond donors (Lipinski definition) is 2. The number of rotatable bonds is 5. The summed E-state index contributed by atoms with van der Waals surface area (Å²) in [4.78, 5) is 7.39. The molecule has 0 radical (unpaired) electrons. The molecule has 1 fully saturated rings. The quantitative estimate of drug-likeness (QED) is 0.754. The van der Waals surface area contributed by atoms with E-state index in [0.29, 0.717) is 0 Å². The third-order valence-electron chi connectivity index (χ3n) is 3.06. The average Bonchev–Trinajstić information content (AvgIpc) is 2.26. The minimum atomic E-state index is -3.65. The number of aliphatic hydroxyl groups excluding tert-OH is 1. The van der Waals surface area contributed by atoms with Crippen molar-refractivity contribution in [1.29, 1.82) is 0 Å². The molecule has 8 heteroatoms. The number of nitrogens with zero attached hydrogens (tertiary/aromatic N) is 3. The maximum Gasteiger partial charge on any atom is 0.246 e. The van der Waals surface area contributed by atoms with E-state index in [0.717, 1.165) is 19.3 Å². The fourth-order valence-electron chi connectivity index (χ4n) is 1.87. The summed E-state index contributed by atoms with van der Waals surface area (Å²) in [6.07, 6.45) is 5.06. The Balaban J connectivity index is 2.29. The molecule has 1 aromatic heterocycles. The molecule has 0 bridgehead atoms. The van der Waals surface area contributed by atoms with Gasteiger partial charge in [0.05, 0.1) is 19.0 Å². The first-order chi connectivity index (χ1) is 8.55. The van der Waals surface area contributed by atoms with E-state index < -0.39 is 10.0 Å². The van der Waals surface area contributed by atoms with Crippen molar-refractivity contribution in [3.8, 4) is 0 Å². The van der Waals surface area contributed by atoms with Crippen molar-refractivity contribution >= 4 is 16.0 Å². The lowest BCUT2D eigenvalue weighted by atomic mass is 9.93. The molecule has 18 heavy (non-hydrogen) atoms. The predicted octanol–water partition coefficient (Wildman–Crippen LogP) is -0.406. The summed E-state index contributed by atoms with van der Waals surface area (Å²) in [6.45, 7) is -0.108. The first-order valence-electron chi connectivity index (χ1n) is 5.76. The number of nitrogens with two attached hydrogens (primary N) is 1. The third kappa shape index (κ3) is 2.45. The van der Waals surface area contributed by atoms with Gasteiger partial charge in [-0.1, -0.05) is 6.42 Å². The van der Waals surface area contributed by atoms with Crippen LogP contribution >= 0.6 is 0 Å². The number of anilines is 1. The second-order valence-electron chi connectivity index (χ2n) is 4.20. The van der Waals surface area contributed by atoms with Crippen molar-refractivity contribution in [2.45, 2.75) is 30.2 Å². The summed E-state index contributed by atoms with van der Waals surface area (Å²) in [6, 6.07) is -0.0281. The van der Waals surface area contributed by atoms with Crippen LogP contribution in [0.5, 0.6) is 0 Å². The van der Waals surface area contributed by atoms with Gasteiger partial charge in [0.25, 0.3) is 0 Å². The van der Waals surface area contributed by atoms with Gasteiger partial charge in [0.1, 0.15) is 4.90 Å². The van der Waals surface area contributed by atoms with E-state index in [2.05, 4.69) is 9.97 Å². The minimum absolute atomic E-state index is 0.0112. The highest BCUT2D eigenvalue weighted by Crippen LogP contribution is 2.29. The summed E-state index contributed by atoms with van der Waals surface area (Å²) in [7, 11) is -3.65. The Morgan fingerprint density at radius 1 is 1.39 bits per heavy atom. The van der Waals surface area contributed by atoms with Gasteiger partial charge in [-0.25, -0.2) is 18.4 Å². The van der Waals surface area contributed by atoms with E-state index in [1.54, 1.807) is 0 Å². The normalized spacial score (nSPS) is 16.8. The summed E-state index contributed by atoms with van der Waals surface area (Å²) in [5, 5.41) is 9.00. The number of hydrogen-bond acceptors (Lipinski definition) is 6. The lowest BCUT2D eigenvalue weighted by Crippen LogP contribution is -2.45. The zero-order valence-corrected chi connectivity index (χ0v) is 10.7. The van der Waals surface area contributed by atoms with E-state index in [9.17, 15) is 8.42 Å². The molecule has 1 aromatic rings. The van der Waals surface area contributed by atoms with Gasteiger partial charge in [0.2, 0.25) is 16.0 Å². The molecule has 3 N–H and O–H groups in total.